The van der Waals surface area contributed by atoms with E-state index in [0.717, 1.165) is 25.7 Å². The van der Waals surface area contributed by atoms with E-state index in [1.54, 1.807) is 0 Å². The highest BCUT2D eigenvalue weighted by Crippen LogP contribution is 2.41. The Morgan fingerprint density at radius 3 is 3.00 bits per heavy atom. The third-order valence-electron chi connectivity index (χ3n) is 4.06. The highest BCUT2D eigenvalue weighted by atomic mass is 16.4. The maximum absolute atomic E-state index is 11.4. The number of piperidine rings is 1. The molecule has 1 aromatic carbocycles. The first-order chi connectivity index (χ1) is 8.18. The predicted molar refractivity (Wildman–Crippen MR) is 66.4 cm³/mol. The van der Waals surface area contributed by atoms with Crippen molar-refractivity contribution in [3.05, 3.63) is 29.3 Å². The van der Waals surface area contributed by atoms with Gasteiger partial charge in [-0.15, -0.1) is 0 Å². The average Bonchev–Trinajstić information content (AvgIpc) is 2.67. The average molecular weight is 231 g/mol. The Bertz CT molecular complexity index is 469. The molecule has 1 saturated heterocycles. The van der Waals surface area contributed by atoms with Crippen LogP contribution in [0.4, 0.5) is 5.69 Å². The first kappa shape index (κ1) is 10.6. The molecule has 0 aliphatic carbocycles. The summed E-state index contributed by atoms with van der Waals surface area (Å²) in [6, 6.07) is 6.37. The van der Waals surface area contributed by atoms with Gasteiger partial charge in [0.1, 0.15) is 6.04 Å². The van der Waals surface area contributed by atoms with Gasteiger partial charge in [0.05, 0.1) is 0 Å². The highest BCUT2D eigenvalue weighted by Gasteiger charge is 2.40. The topological polar surface area (TPSA) is 40.5 Å². The molecule has 0 saturated carbocycles. The van der Waals surface area contributed by atoms with Gasteiger partial charge in [0.2, 0.25) is 0 Å². The molecule has 1 aromatic rings. The zero-order valence-corrected chi connectivity index (χ0v) is 10.0. The first-order valence-corrected chi connectivity index (χ1v) is 6.28. The minimum atomic E-state index is -0.675. The summed E-state index contributed by atoms with van der Waals surface area (Å²) < 4.78 is 0. The number of fused-ring (bicyclic) bond motifs is 3. The van der Waals surface area contributed by atoms with Gasteiger partial charge in [0, 0.05) is 11.7 Å². The zero-order chi connectivity index (χ0) is 12.0. The molecule has 0 radical (unpaired) electrons. The van der Waals surface area contributed by atoms with Gasteiger partial charge in [-0.2, -0.15) is 0 Å². The molecule has 0 spiro atoms. The van der Waals surface area contributed by atoms with Crippen molar-refractivity contribution in [2.75, 3.05) is 4.90 Å². The number of anilines is 1. The van der Waals surface area contributed by atoms with E-state index in [4.69, 9.17) is 0 Å². The molecule has 2 unspecified atom stereocenters. The Labute approximate surface area is 101 Å². The van der Waals surface area contributed by atoms with Gasteiger partial charge in [-0.3, -0.25) is 0 Å². The molecule has 1 fully saturated rings. The Kier molecular flexibility index (Phi) is 2.35. The van der Waals surface area contributed by atoms with Gasteiger partial charge in [0.15, 0.2) is 0 Å². The van der Waals surface area contributed by atoms with E-state index in [9.17, 15) is 9.90 Å². The summed E-state index contributed by atoms with van der Waals surface area (Å²) in [5.41, 5.74) is 3.71. The van der Waals surface area contributed by atoms with Gasteiger partial charge in [-0.25, -0.2) is 4.79 Å². The summed E-state index contributed by atoms with van der Waals surface area (Å²) in [5, 5.41) is 9.36. The van der Waals surface area contributed by atoms with E-state index in [1.807, 2.05) is 0 Å². The van der Waals surface area contributed by atoms with Crippen molar-refractivity contribution in [3.8, 4) is 0 Å². The van der Waals surface area contributed by atoms with Crippen LogP contribution in [0.2, 0.25) is 0 Å². The van der Waals surface area contributed by atoms with Crippen LogP contribution in [0.1, 0.15) is 30.4 Å². The third kappa shape index (κ3) is 1.53. The van der Waals surface area contributed by atoms with E-state index in [2.05, 4.69) is 30.0 Å². The van der Waals surface area contributed by atoms with Gasteiger partial charge in [0.25, 0.3) is 0 Å². The second-order valence-electron chi connectivity index (χ2n) is 5.13. The maximum Gasteiger partial charge on any atom is 0.326 e. The van der Waals surface area contributed by atoms with Gasteiger partial charge >= 0.3 is 5.97 Å². The fraction of sp³-hybridized carbons (Fsp3) is 0.500. The van der Waals surface area contributed by atoms with Crippen LogP contribution in [-0.4, -0.2) is 23.2 Å². The summed E-state index contributed by atoms with van der Waals surface area (Å²) in [4.78, 5) is 13.5. The van der Waals surface area contributed by atoms with Crippen molar-refractivity contribution < 1.29 is 9.90 Å². The summed E-state index contributed by atoms with van der Waals surface area (Å²) in [6.45, 7) is 2.08. The van der Waals surface area contributed by atoms with Crippen LogP contribution in [0.5, 0.6) is 0 Å². The minimum absolute atomic E-state index is 0.323. The van der Waals surface area contributed by atoms with E-state index in [0.29, 0.717) is 6.04 Å². The first-order valence-electron chi connectivity index (χ1n) is 6.28. The predicted octanol–water partition coefficient (Wildman–Crippen LogP) is 2.36. The Balaban J connectivity index is 2.07. The van der Waals surface area contributed by atoms with Crippen molar-refractivity contribution in [2.45, 2.75) is 44.7 Å². The van der Waals surface area contributed by atoms with E-state index in [-0.39, 0.29) is 6.04 Å². The number of carbonyl (C=O) groups is 1. The molecule has 1 N–H and O–H groups in total. The quantitative estimate of drug-likeness (QED) is 0.806. The second-order valence-corrected chi connectivity index (χ2v) is 5.13. The second kappa shape index (κ2) is 3.76. The van der Waals surface area contributed by atoms with E-state index in [1.165, 1.54) is 16.8 Å². The Morgan fingerprint density at radius 2 is 2.24 bits per heavy atom. The molecule has 17 heavy (non-hydrogen) atoms. The van der Waals surface area contributed by atoms with Crippen LogP contribution in [0, 0.1) is 6.92 Å². The Morgan fingerprint density at radius 1 is 1.41 bits per heavy atom. The van der Waals surface area contributed by atoms with Crippen LogP contribution in [0.25, 0.3) is 0 Å². The number of hydrogen-bond acceptors (Lipinski definition) is 2. The van der Waals surface area contributed by atoms with Crippen molar-refractivity contribution in [1.82, 2.24) is 0 Å². The molecule has 90 valence electrons. The zero-order valence-electron chi connectivity index (χ0n) is 10.0. The number of aryl methyl sites for hydroxylation is 1. The number of rotatable bonds is 1. The lowest BCUT2D eigenvalue weighted by Crippen LogP contribution is -2.49. The third-order valence-corrected chi connectivity index (χ3v) is 4.06. The lowest BCUT2D eigenvalue weighted by atomic mass is 9.96. The minimum Gasteiger partial charge on any atom is -0.480 e. The standard InChI is InChI=1S/C14H17NO2/c1-9-4-2-5-10-8-11-6-3-7-12(14(16)17)15(11)13(9)10/h2,4-5,11-12H,3,6-8H2,1H3,(H,16,17). The van der Waals surface area contributed by atoms with Crippen molar-refractivity contribution >= 4 is 11.7 Å². The fourth-order valence-electron chi connectivity index (χ4n) is 3.37. The molecular formula is C14H17NO2. The molecule has 3 rings (SSSR count). The monoisotopic (exact) mass is 231 g/mol. The molecule has 2 aliphatic heterocycles. The lowest BCUT2D eigenvalue weighted by Gasteiger charge is -2.38. The normalized spacial score (nSPS) is 26.5. The van der Waals surface area contributed by atoms with Crippen molar-refractivity contribution in [3.63, 3.8) is 0 Å². The number of aliphatic carboxylic acids is 1. The van der Waals surface area contributed by atoms with Gasteiger partial charge in [-0.1, -0.05) is 18.2 Å². The lowest BCUT2D eigenvalue weighted by molar-refractivity contribution is -0.139. The summed E-state index contributed by atoms with van der Waals surface area (Å²) in [7, 11) is 0. The number of nitrogens with zero attached hydrogens (tertiary/aromatic N) is 1. The van der Waals surface area contributed by atoms with Crippen molar-refractivity contribution in [2.24, 2.45) is 0 Å². The maximum atomic E-state index is 11.4. The molecule has 2 aliphatic rings. The van der Waals surface area contributed by atoms with Crippen LogP contribution >= 0.6 is 0 Å². The molecule has 0 aromatic heterocycles. The largest absolute Gasteiger partial charge is 0.480 e. The number of benzene rings is 1. The van der Waals surface area contributed by atoms with E-state index < -0.39 is 5.97 Å². The van der Waals surface area contributed by atoms with Crippen LogP contribution in [0.15, 0.2) is 18.2 Å². The smallest absolute Gasteiger partial charge is 0.326 e. The highest BCUT2D eigenvalue weighted by molar-refractivity contribution is 5.81. The fourth-order valence-corrected chi connectivity index (χ4v) is 3.37. The van der Waals surface area contributed by atoms with Crippen LogP contribution < -0.4 is 4.90 Å². The Hall–Kier alpha value is -1.51. The molecule has 2 heterocycles. The SMILES string of the molecule is Cc1cccc2c1N1C(CCCC1C(=O)O)C2. The summed E-state index contributed by atoms with van der Waals surface area (Å²) in [6.07, 6.45) is 3.95. The van der Waals surface area contributed by atoms with Gasteiger partial charge in [-0.05, 0) is 43.7 Å². The molecule has 3 heteroatoms. The summed E-state index contributed by atoms with van der Waals surface area (Å²) in [5.74, 6) is -0.675. The molecule has 3 nitrogen and oxygen atoms in total. The van der Waals surface area contributed by atoms with Crippen LogP contribution in [0.3, 0.4) is 0 Å². The number of carboxylic acid groups (broad SMARTS) is 1. The molecular weight excluding hydrogens is 214 g/mol. The van der Waals surface area contributed by atoms with Crippen molar-refractivity contribution in [1.29, 1.82) is 0 Å². The van der Waals surface area contributed by atoms with Gasteiger partial charge < -0.3 is 10.0 Å². The molecule has 0 amide bonds. The molecule has 0 bridgehead atoms. The number of carboxylic acids is 1. The number of hydrogen-bond donors (Lipinski definition) is 1. The molecule has 2 atom stereocenters. The number of para-hydroxylation sites is 1. The van der Waals surface area contributed by atoms with E-state index >= 15 is 0 Å². The van der Waals surface area contributed by atoms with Crippen LogP contribution in [-0.2, 0) is 11.2 Å². The summed E-state index contributed by atoms with van der Waals surface area (Å²) >= 11 is 0.